The average molecular weight is 313 g/mol. The Bertz CT molecular complexity index is 639. The summed E-state index contributed by atoms with van der Waals surface area (Å²) < 4.78 is 53.2. The second kappa shape index (κ2) is 6.89. The average Bonchev–Trinajstić information content (AvgIpc) is 2.50. The van der Waals surface area contributed by atoms with Crippen molar-refractivity contribution < 1.29 is 22.7 Å². The lowest BCUT2D eigenvalue weighted by molar-refractivity contribution is 0.234. The second-order valence-corrected chi connectivity index (χ2v) is 4.94. The summed E-state index contributed by atoms with van der Waals surface area (Å²) in [6.45, 7) is 1.17. The molecule has 2 rings (SSSR count). The second-order valence-electron chi connectivity index (χ2n) is 4.94. The molecule has 2 aromatic rings. The van der Waals surface area contributed by atoms with Crippen LogP contribution in [-0.2, 0) is 0 Å². The molecule has 0 radical (unpaired) electrons. The van der Waals surface area contributed by atoms with Gasteiger partial charge in [-0.1, -0.05) is 18.2 Å². The van der Waals surface area contributed by atoms with Gasteiger partial charge in [-0.3, -0.25) is 0 Å². The molecule has 0 amide bonds. The van der Waals surface area contributed by atoms with E-state index in [0.717, 1.165) is 12.1 Å². The van der Waals surface area contributed by atoms with Crippen LogP contribution in [0.2, 0.25) is 0 Å². The van der Waals surface area contributed by atoms with Crippen LogP contribution in [-0.4, -0.2) is 11.7 Å². The first-order valence-corrected chi connectivity index (χ1v) is 6.69. The van der Waals surface area contributed by atoms with Crippen LogP contribution in [0.3, 0.4) is 0 Å². The highest BCUT2D eigenvalue weighted by Crippen LogP contribution is 2.23. The molecule has 0 aliphatic rings. The number of aliphatic hydroxyl groups excluding tert-OH is 1. The van der Waals surface area contributed by atoms with Crippen molar-refractivity contribution >= 4 is 0 Å². The minimum Gasteiger partial charge on any atom is -0.394 e. The van der Waals surface area contributed by atoms with Crippen LogP contribution < -0.4 is 5.32 Å². The number of benzene rings is 2. The maximum atomic E-state index is 13.7. The number of rotatable bonds is 5. The molecule has 0 heterocycles. The van der Waals surface area contributed by atoms with E-state index in [-0.39, 0.29) is 5.56 Å². The molecule has 2 N–H and O–H groups in total. The number of nitrogens with one attached hydrogen (secondary N) is 1. The molecule has 0 aromatic heterocycles. The molecule has 2 nitrogen and oxygen atoms in total. The zero-order valence-electron chi connectivity index (χ0n) is 11.8. The molecule has 2 atom stereocenters. The van der Waals surface area contributed by atoms with Crippen molar-refractivity contribution in [3.05, 3.63) is 70.8 Å². The van der Waals surface area contributed by atoms with Gasteiger partial charge in [0.2, 0.25) is 0 Å². The van der Waals surface area contributed by atoms with Gasteiger partial charge in [-0.2, -0.15) is 0 Å². The fourth-order valence-electron chi connectivity index (χ4n) is 2.25. The summed E-state index contributed by atoms with van der Waals surface area (Å²) in [7, 11) is 0. The van der Waals surface area contributed by atoms with Crippen molar-refractivity contribution in [3.8, 4) is 0 Å². The molecule has 0 bridgehead atoms. The first-order valence-electron chi connectivity index (χ1n) is 6.69. The molecule has 118 valence electrons. The molecule has 2 aromatic carbocycles. The minimum absolute atomic E-state index is 0.0436. The summed E-state index contributed by atoms with van der Waals surface area (Å²) in [5.74, 6) is -4.68. The molecule has 2 unspecified atom stereocenters. The van der Waals surface area contributed by atoms with Gasteiger partial charge in [0.1, 0.15) is 5.82 Å². The van der Waals surface area contributed by atoms with E-state index in [2.05, 4.69) is 5.32 Å². The first kappa shape index (κ1) is 16.5. The molecule has 0 fully saturated rings. The molecule has 0 saturated heterocycles. The van der Waals surface area contributed by atoms with Gasteiger partial charge in [-0.05, 0) is 30.7 Å². The quantitative estimate of drug-likeness (QED) is 0.653. The first-order chi connectivity index (χ1) is 10.4. The summed E-state index contributed by atoms with van der Waals surface area (Å²) in [5, 5.41) is 12.3. The van der Waals surface area contributed by atoms with Crippen molar-refractivity contribution in [2.24, 2.45) is 0 Å². The van der Waals surface area contributed by atoms with E-state index in [4.69, 9.17) is 0 Å². The van der Waals surface area contributed by atoms with Gasteiger partial charge >= 0.3 is 0 Å². The zero-order valence-corrected chi connectivity index (χ0v) is 11.8. The van der Waals surface area contributed by atoms with Crippen LogP contribution in [0, 0.1) is 23.3 Å². The van der Waals surface area contributed by atoms with Gasteiger partial charge in [0.25, 0.3) is 0 Å². The highest BCUT2D eigenvalue weighted by molar-refractivity contribution is 5.25. The number of hydrogen-bond acceptors (Lipinski definition) is 2. The zero-order chi connectivity index (χ0) is 16.3. The van der Waals surface area contributed by atoms with Crippen molar-refractivity contribution in [2.75, 3.05) is 6.61 Å². The van der Waals surface area contributed by atoms with E-state index < -0.39 is 42.0 Å². The summed E-state index contributed by atoms with van der Waals surface area (Å²) >= 11 is 0. The lowest BCUT2D eigenvalue weighted by Crippen LogP contribution is -2.28. The molecular formula is C16H15F4NO. The fraction of sp³-hybridized carbons (Fsp3) is 0.250. The summed E-state index contributed by atoms with van der Waals surface area (Å²) in [4.78, 5) is 0. The van der Waals surface area contributed by atoms with Gasteiger partial charge < -0.3 is 10.4 Å². The topological polar surface area (TPSA) is 32.3 Å². The Morgan fingerprint density at radius 2 is 1.59 bits per heavy atom. The van der Waals surface area contributed by atoms with Gasteiger partial charge in [0.15, 0.2) is 17.5 Å². The van der Waals surface area contributed by atoms with E-state index in [9.17, 15) is 22.7 Å². The summed E-state index contributed by atoms with van der Waals surface area (Å²) in [6, 6.07) is 6.28. The minimum atomic E-state index is -1.57. The molecule has 0 aliphatic carbocycles. The summed E-state index contributed by atoms with van der Waals surface area (Å²) in [6.07, 6.45) is 0. The predicted octanol–water partition coefficient (Wildman–Crippen LogP) is 3.63. The monoisotopic (exact) mass is 313 g/mol. The Morgan fingerprint density at radius 3 is 2.14 bits per heavy atom. The molecule has 0 spiro atoms. The molecule has 6 heteroatoms. The van der Waals surface area contributed by atoms with Gasteiger partial charge in [0, 0.05) is 11.6 Å². The predicted molar refractivity (Wildman–Crippen MR) is 74.1 cm³/mol. The Hall–Kier alpha value is -1.92. The van der Waals surface area contributed by atoms with Gasteiger partial charge in [-0.15, -0.1) is 0 Å². The molecule has 0 saturated carbocycles. The molecular weight excluding hydrogens is 298 g/mol. The van der Waals surface area contributed by atoms with E-state index in [1.165, 1.54) is 6.07 Å². The Labute approximate surface area is 125 Å². The number of halogens is 4. The SMILES string of the molecule is CC(NC(CO)c1cc(F)c(F)c(F)c1)c1ccccc1F. The lowest BCUT2D eigenvalue weighted by Gasteiger charge is -2.23. The van der Waals surface area contributed by atoms with E-state index in [1.54, 1.807) is 25.1 Å². The summed E-state index contributed by atoms with van der Waals surface area (Å²) in [5.41, 5.74) is 0.395. The highest BCUT2D eigenvalue weighted by atomic mass is 19.2. The maximum Gasteiger partial charge on any atom is 0.194 e. The Balaban J connectivity index is 2.24. The van der Waals surface area contributed by atoms with E-state index in [1.807, 2.05) is 0 Å². The third-order valence-electron chi connectivity index (χ3n) is 3.41. The Morgan fingerprint density at radius 1 is 1.00 bits per heavy atom. The van der Waals surface area contributed by atoms with E-state index in [0.29, 0.717) is 5.56 Å². The van der Waals surface area contributed by atoms with Crippen molar-refractivity contribution in [1.82, 2.24) is 5.32 Å². The third kappa shape index (κ3) is 3.45. The maximum absolute atomic E-state index is 13.7. The fourth-order valence-corrected chi connectivity index (χ4v) is 2.25. The Kier molecular flexibility index (Phi) is 5.15. The van der Waals surface area contributed by atoms with Crippen LogP contribution in [0.15, 0.2) is 36.4 Å². The van der Waals surface area contributed by atoms with Crippen LogP contribution in [0.1, 0.15) is 30.1 Å². The van der Waals surface area contributed by atoms with Crippen molar-refractivity contribution in [1.29, 1.82) is 0 Å². The van der Waals surface area contributed by atoms with Crippen LogP contribution in [0.25, 0.3) is 0 Å². The normalized spacial score (nSPS) is 13.9. The van der Waals surface area contributed by atoms with Crippen LogP contribution in [0.5, 0.6) is 0 Å². The van der Waals surface area contributed by atoms with Crippen molar-refractivity contribution in [2.45, 2.75) is 19.0 Å². The van der Waals surface area contributed by atoms with Crippen molar-refractivity contribution in [3.63, 3.8) is 0 Å². The van der Waals surface area contributed by atoms with E-state index >= 15 is 0 Å². The lowest BCUT2D eigenvalue weighted by atomic mass is 10.0. The molecule has 22 heavy (non-hydrogen) atoms. The highest BCUT2D eigenvalue weighted by Gasteiger charge is 2.20. The largest absolute Gasteiger partial charge is 0.394 e. The molecule has 0 aliphatic heterocycles. The van der Waals surface area contributed by atoms with Gasteiger partial charge in [-0.25, -0.2) is 17.6 Å². The van der Waals surface area contributed by atoms with Gasteiger partial charge in [0.05, 0.1) is 12.6 Å². The van der Waals surface area contributed by atoms with Crippen LogP contribution in [0.4, 0.5) is 17.6 Å². The smallest absolute Gasteiger partial charge is 0.194 e. The van der Waals surface area contributed by atoms with Crippen LogP contribution >= 0.6 is 0 Å². The standard InChI is InChI=1S/C16H15F4NO/c1-9(11-4-2-3-5-12(11)17)21-15(8-22)10-6-13(18)16(20)14(19)7-10/h2-7,9,15,21-22H,8H2,1H3. The number of hydrogen-bond donors (Lipinski definition) is 2. The number of aliphatic hydroxyl groups is 1. The third-order valence-corrected chi connectivity index (χ3v) is 3.41.